The Bertz CT molecular complexity index is 2080. The van der Waals surface area contributed by atoms with Crippen molar-refractivity contribution in [1.82, 2.24) is 58.5 Å². The zero-order valence-corrected chi connectivity index (χ0v) is 48.9. The van der Waals surface area contributed by atoms with Crippen molar-refractivity contribution >= 4 is 65.0 Å². The molecule has 10 amide bonds. The molecule has 0 aromatic heterocycles. The van der Waals surface area contributed by atoms with Gasteiger partial charge in [-0.05, 0) is 118 Å². The smallest absolute Gasteiger partial charge is 0.328 e. The lowest BCUT2D eigenvalue weighted by Gasteiger charge is -2.29. The van der Waals surface area contributed by atoms with E-state index >= 15 is 0 Å². The average molecular weight is 1190 g/mol. The Morgan fingerprint density at radius 2 is 0.795 bits per heavy atom. The number of rotatable bonds is 44. The zero-order chi connectivity index (χ0) is 63.7. The predicted octanol–water partition coefficient (Wildman–Crippen LogP) is -10.0. The molecule has 12 atom stereocenters. The molecule has 0 heterocycles. The summed E-state index contributed by atoms with van der Waals surface area (Å²) in [7, 11) is 5.87. The van der Waals surface area contributed by atoms with Gasteiger partial charge < -0.3 is 113 Å². The van der Waals surface area contributed by atoms with E-state index in [1.807, 2.05) is 21.1 Å². The van der Waals surface area contributed by atoms with Crippen molar-refractivity contribution < 1.29 is 77.6 Å². The summed E-state index contributed by atoms with van der Waals surface area (Å²) in [6.07, 6.45) is -4.23. The van der Waals surface area contributed by atoms with Gasteiger partial charge in [-0.1, -0.05) is 0 Å². The third kappa shape index (κ3) is 32.9. The molecule has 0 unspecified atom stereocenters. The number of amides is 10. The van der Waals surface area contributed by atoms with Crippen LogP contribution in [0.5, 0.6) is 0 Å². The molecule has 83 heavy (non-hydrogen) atoms. The number of aliphatic hydroxyl groups is 3. The minimum Gasteiger partial charge on any atom is -0.480 e. The minimum atomic E-state index is -1.85. The molecule has 34 heteroatoms. The highest BCUT2D eigenvalue weighted by Gasteiger charge is 2.37. The van der Waals surface area contributed by atoms with Crippen LogP contribution in [0.3, 0.4) is 0 Å². The summed E-state index contributed by atoms with van der Waals surface area (Å²) >= 11 is 0. The third-order valence-electron chi connectivity index (χ3n) is 12.6. The molecule has 478 valence electrons. The van der Waals surface area contributed by atoms with Gasteiger partial charge in [0.1, 0.15) is 67.0 Å². The second-order valence-corrected chi connectivity index (χ2v) is 21.4. The first-order valence-electron chi connectivity index (χ1n) is 27.6. The van der Waals surface area contributed by atoms with Crippen LogP contribution in [0.2, 0.25) is 0 Å². The number of carbonyl (C=O) groups is 11. The van der Waals surface area contributed by atoms with E-state index in [9.17, 15) is 73.2 Å². The van der Waals surface area contributed by atoms with Crippen molar-refractivity contribution in [1.29, 1.82) is 0 Å². The molecule has 0 saturated heterocycles. The van der Waals surface area contributed by atoms with E-state index in [0.29, 0.717) is 30.3 Å². The number of aliphatic carboxylic acids is 1. The number of hydrogen-bond acceptors (Lipinski definition) is 22. The van der Waals surface area contributed by atoms with Gasteiger partial charge in [-0.25, -0.2) is 4.79 Å². The Kier molecular flexibility index (Phi) is 37.0. The summed E-state index contributed by atoms with van der Waals surface area (Å²) < 4.78 is 0.590. The van der Waals surface area contributed by atoms with Gasteiger partial charge >= 0.3 is 5.97 Å². The van der Waals surface area contributed by atoms with E-state index in [0.717, 1.165) is 6.92 Å². The molecule has 0 aliphatic heterocycles. The number of carbonyl (C=O) groups excluding carboxylic acids is 10. The quantitative estimate of drug-likeness (QED) is 0.0153. The van der Waals surface area contributed by atoms with Gasteiger partial charge in [-0.3, -0.25) is 58.6 Å². The predicted molar refractivity (Wildman–Crippen MR) is 302 cm³/mol. The third-order valence-corrected chi connectivity index (χ3v) is 12.6. The van der Waals surface area contributed by atoms with E-state index in [4.69, 9.17) is 40.1 Å². The number of nitrogens with two attached hydrogens (primary N) is 7. The van der Waals surface area contributed by atoms with Crippen LogP contribution in [0.1, 0.15) is 105 Å². The Hall–Kier alpha value is -6.31. The molecule has 34 nitrogen and oxygen atoms in total. The van der Waals surface area contributed by atoms with E-state index in [2.05, 4.69) is 58.5 Å². The van der Waals surface area contributed by atoms with Gasteiger partial charge in [0.15, 0.2) is 0 Å². The van der Waals surface area contributed by atoms with Gasteiger partial charge in [-0.2, -0.15) is 0 Å². The fourth-order valence-corrected chi connectivity index (χ4v) is 7.76. The first-order valence-corrected chi connectivity index (χ1v) is 27.6. The van der Waals surface area contributed by atoms with Gasteiger partial charge in [0.2, 0.25) is 59.1 Å². The van der Waals surface area contributed by atoms with Crippen LogP contribution in [0.25, 0.3) is 0 Å². The molecular formula is C49H98N19O15+. The number of nitrogens with zero attached hydrogens (tertiary/aromatic N) is 1. The normalized spacial score (nSPS) is 15.9. The van der Waals surface area contributed by atoms with Gasteiger partial charge in [-0.15, -0.1) is 0 Å². The minimum absolute atomic E-state index is 0.00561. The van der Waals surface area contributed by atoms with E-state index < -0.39 is 170 Å². The molecule has 29 N–H and O–H groups in total. The number of hydrogen-bond donors (Lipinski definition) is 22. The molecule has 0 aliphatic carbocycles. The lowest BCUT2D eigenvalue weighted by molar-refractivity contribution is -0.870. The van der Waals surface area contributed by atoms with Crippen molar-refractivity contribution in [3.05, 3.63) is 0 Å². The lowest BCUT2D eigenvalue weighted by atomic mass is 10.0. The van der Waals surface area contributed by atoms with Crippen molar-refractivity contribution in [3.63, 3.8) is 0 Å². The molecule has 0 bridgehead atoms. The lowest BCUT2D eigenvalue weighted by Crippen LogP contribution is -2.62. The summed E-state index contributed by atoms with van der Waals surface area (Å²) in [4.78, 5) is 147. The van der Waals surface area contributed by atoms with E-state index in [1.54, 1.807) is 0 Å². The maximum Gasteiger partial charge on any atom is 0.328 e. The largest absolute Gasteiger partial charge is 0.480 e. The highest BCUT2D eigenvalue weighted by atomic mass is 16.4. The number of nitrogens with one attached hydrogen (secondary N) is 11. The van der Waals surface area contributed by atoms with Crippen LogP contribution in [0, 0.1) is 0 Å². The number of unbranched alkanes of at least 4 members (excludes halogenated alkanes) is 2. The molecule has 0 aromatic carbocycles. The van der Waals surface area contributed by atoms with Gasteiger partial charge in [0.05, 0.1) is 52.5 Å². The Labute approximate surface area is 484 Å². The number of quaternary nitrogens is 1. The van der Waals surface area contributed by atoms with Crippen molar-refractivity contribution in [3.8, 4) is 0 Å². The summed E-state index contributed by atoms with van der Waals surface area (Å²) in [5, 5.41) is 67.7. The number of aliphatic hydroxyl groups excluding tert-OH is 3. The SMILES string of the molecule is C[C@H](N)C(=O)N[C@@H](CCCNC(N)N)C(=O)N[C@H](C(=O)N[C@@H](CCCCN)C(=O)N[C@@H](CCC(N)=O)C(=O)N[C@H](C(=O)N[C@@H](C)C(=O)N[C@@H](CCCNC(N)N)C(=O)N[C@@H](CCCC[N+](C)(C)C)C(=O)N[C@@H](CO)C(=O)O)[C@@H](C)O)[C@@H](C)O. The maximum absolute atomic E-state index is 14.1. The first kappa shape index (κ1) is 76.7. The van der Waals surface area contributed by atoms with E-state index in [-0.39, 0.29) is 64.6 Å². The standard InChI is InChI=1S/C49H97N19O15/c1-25(51)38(73)60-32(17-13-22-58-49(55)56)43(78)67-37(28(4)71)46(81)64-30(14-8-10-20-50)40(75)63-33(18-19-35(52)72)44(79)66-36(27(3)70)45(80)59-26(2)39(74)61-31(16-12-21-57-48(53)54)41(76)62-29(15-9-11-23-68(5,6)7)42(77)65-34(24-69)47(82)83/h25-34,36-37,48-49,57-58,69-71H,8-24,50-51,53-56H2,1-7H3,(H11-,52,59,60,61,62,63,64,65,66,67,72,73,74,75,76,77,78,79,80,81,82,83)/p+1/t25-,26-,27+,28+,29-,30-,31-,32-,33-,34-,36-,37-/m0/s1. The summed E-state index contributed by atoms with van der Waals surface area (Å²) in [6, 6.07) is -15.0. The molecule has 0 aliphatic rings. The number of carboxylic acid groups (broad SMARTS) is 1. The second-order valence-electron chi connectivity index (χ2n) is 21.4. The summed E-state index contributed by atoms with van der Waals surface area (Å²) in [5.41, 5.74) is 39.0. The molecule has 0 aromatic rings. The van der Waals surface area contributed by atoms with Crippen LogP contribution < -0.4 is 98.6 Å². The van der Waals surface area contributed by atoms with Gasteiger partial charge in [0, 0.05) is 6.42 Å². The average Bonchev–Trinajstić information content (AvgIpc) is 3.44. The molecule has 0 spiro atoms. The van der Waals surface area contributed by atoms with Crippen molar-refractivity contribution in [2.75, 3.05) is 53.9 Å². The molecule has 0 fully saturated rings. The second kappa shape index (κ2) is 40.0. The fourth-order valence-electron chi connectivity index (χ4n) is 7.76. The fraction of sp³-hybridized carbons (Fsp3) is 0.776. The van der Waals surface area contributed by atoms with Gasteiger partial charge in [0.25, 0.3) is 0 Å². The Morgan fingerprint density at radius 1 is 0.446 bits per heavy atom. The Morgan fingerprint density at radius 3 is 1.16 bits per heavy atom. The van der Waals surface area contributed by atoms with Crippen LogP contribution in [0.15, 0.2) is 0 Å². The molecule has 0 saturated carbocycles. The summed E-state index contributed by atoms with van der Waals surface area (Å²) in [6.45, 7) is 5.19. The maximum atomic E-state index is 14.1. The number of primary amides is 1. The molecule has 0 radical (unpaired) electrons. The van der Waals surface area contributed by atoms with Crippen LogP contribution >= 0.6 is 0 Å². The topological polar surface area (TPSA) is 583 Å². The first-order chi connectivity index (χ1) is 38.6. The summed E-state index contributed by atoms with van der Waals surface area (Å²) in [5.74, 6) is -11.2. The highest BCUT2D eigenvalue weighted by molar-refractivity contribution is 5.98. The van der Waals surface area contributed by atoms with Crippen molar-refractivity contribution in [2.45, 2.75) is 190 Å². The van der Waals surface area contributed by atoms with Crippen LogP contribution in [-0.2, 0) is 52.7 Å². The zero-order valence-electron chi connectivity index (χ0n) is 48.9. The van der Waals surface area contributed by atoms with E-state index in [1.165, 1.54) is 20.8 Å². The molecular weight excluding hydrogens is 1090 g/mol. The highest BCUT2D eigenvalue weighted by Crippen LogP contribution is 2.11. The monoisotopic (exact) mass is 1190 g/mol. The number of carboxylic acids is 1. The van der Waals surface area contributed by atoms with Crippen LogP contribution in [-0.4, -0.2) is 229 Å². The van der Waals surface area contributed by atoms with Crippen LogP contribution in [0.4, 0.5) is 0 Å². The Balaban J connectivity index is 6.66. The van der Waals surface area contributed by atoms with Crippen molar-refractivity contribution in [2.24, 2.45) is 40.1 Å². The molecule has 0 rings (SSSR count).